The summed E-state index contributed by atoms with van der Waals surface area (Å²) in [5.74, 6) is 0.00464. The molecule has 0 unspecified atom stereocenters. The molecule has 0 radical (unpaired) electrons. The number of piperidine rings is 1. The Morgan fingerprint density at radius 1 is 1.11 bits per heavy atom. The number of fused-ring (bicyclic) bond motifs is 1. The van der Waals surface area contributed by atoms with Gasteiger partial charge in [0.1, 0.15) is 0 Å². The predicted octanol–water partition coefficient (Wildman–Crippen LogP) is 3.97. The normalized spacial score (nSPS) is 15.1. The second kappa shape index (κ2) is 8.07. The van der Waals surface area contributed by atoms with Gasteiger partial charge in [0.25, 0.3) is 0 Å². The number of amides is 1. The fourth-order valence-corrected chi connectivity index (χ4v) is 4.05. The maximum Gasteiger partial charge on any atom is 0.228 e. The lowest BCUT2D eigenvalue weighted by molar-refractivity contribution is -0.115. The van der Waals surface area contributed by atoms with Gasteiger partial charge in [0.15, 0.2) is 0 Å². The molecule has 0 saturated carbocycles. The van der Waals surface area contributed by atoms with Crippen LogP contribution in [0.5, 0.6) is 0 Å². The minimum Gasteiger partial charge on any atom is -0.381 e. The van der Waals surface area contributed by atoms with Gasteiger partial charge < -0.3 is 19.5 Å². The molecule has 146 valence electrons. The number of aryl methyl sites for hydroxylation is 1. The van der Waals surface area contributed by atoms with Gasteiger partial charge >= 0.3 is 0 Å². The SMILES string of the molecule is COC1CCN(c2ccc(NC(=O)Cc3cn(C)c4ccccc34)cc2)CC1. The van der Waals surface area contributed by atoms with E-state index in [-0.39, 0.29) is 5.91 Å². The lowest BCUT2D eigenvalue weighted by Crippen LogP contribution is -2.36. The maximum absolute atomic E-state index is 12.5. The number of nitrogens with one attached hydrogen (secondary N) is 1. The van der Waals surface area contributed by atoms with Crippen molar-refractivity contribution in [3.63, 3.8) is 0 Å². The molecule has 0 atom stereocenters. The second-order valence-corrected chi connectivity index (χ2v) is 7.48. The number of para-hydroxylation sites is 1. The highest BCUT2D eigenvalue weighted by atomic mass is 16.5. The van der Waals surface area contributed by atoms with Crippen LogP contribution in [0.25, 0.3) is 10.9 Å². The number of methoxy groups -OCH3 is 1. The summed E-state index contributed by atoms with van der Waals surface area (Å²) in [6.07, 6.45) is 4.90. The summed E-state index contributed by atoms with van der Waals surface area (Å²) >= 11 is 0. The third-order valence-corrected chi connectivity index (χ3v) is 5.62. The first-order valence-corrected chi connectivity index (χ1v) is 9.84. The molecule has 28 heavy (non-hydrogen) atoms. The highest BCUT2D eigenvalue weighted by Gasteiger charge is 2.19. The smallest absolute Gasteiger partial charge is 0.228 e. The van der Waals surface area contributed by atoms with Crippen LogP contribution in [0.3, 0.4) is 0 Å². The van der Waals surface area contributed by atoms with Gasteiger partial charge in [0.2, 0.25) is 5.91 Å². The van der Waals surface area contributed by atoms with Gasteiger partial charge in [-0.1, -0.05) is 18.2 Å². The van der Waals surface area contributed by atoms with E-state index in [0.29, 0.717) is 12.5 Å². The fourth-order valence-electron chi connectivity index (χ4n) is 4.05. The first kappa shape index (κ1) is 18.6. The summed E-state index contributed by atoms with van der Waals surface area (Å²) in [4.78, 5) is 14.9. The Bertz CT molecular complexity index is 954. The molecule has 1 N–H and O–H groups in total. The van der Waals surface area contributed by atoms with E-state index in [0.717, 1.165) is 48.1 Å². The highest BCUT2D eigenvalue weighted by Crippen LogP contribution is 2.24. The third-order valence-electron chi connectivity index (χ3n) is 5.62. The molecule has 1 fully saturated rings. The van der Waals surface area contributed by atoms with Gasteiger partial charge in [-0.2, -0.15) is 0 Å². The number of rotatable bonds is 5. The Morgan fingerprint density at radius 3 is 2.54 bits per heavy atom. The number of carbonyl (C=O) groups excluding carboxylic acids is 1. The number of ether oxygens (including phenoxy) is 1. The van der Waals surface area contributed by atoms with Crippen molar-refractivity contribution >= 4 is 28.2 Å². The van der Waals surface area contributed by atoms with E-state index >= 15 is 0 Å². The summed E-state index contributed by atoms with van der Waals surface area (Å²) in [5, 5.41) is 4.16. The van der Waals surface area contributed by atoms with Crippen LogP contribution in [0.4, 0.5) is 11.4 Å². The van der Waals surface area contributed by atoms with E-state index in [1.54, 1.807) is 7.11 Å². The molecule has 1 saturated heterocycles. The van der Waals surface area contributed by atoms with Crippen molar-refractivity contribution in [2.45, 2.75) is 25.4 Å². The number of nitrogens with zero attached hydrogens (tertiary/aromatic N) is 2. The first-order valence-electron chi connectivity index (χ1n) is 9.84. The van der Waals surface area contributed by atoms with E-state index in [9.17, 15) is 4.79 Å². The molecule has 4 rings (SSSR count). The molecule has 3 aromatic rings. The summed E-state index contributed by atoms with van der Waals surface area (Å²) in [6.45, 7) is 2.01. The molecule has 2 aromatic carbocycles. The topological polar surface area (TPSA) is 46.5 Å². The largest absolute Gasteiger partial charge is 0.381 e. The van der Waals surface area contributed by atoms with Gasteiger partial charge in [-0.3, -0.25) is 4.79 Å². The van der Waals surface area contributed by atoms with Crippen LogP contribution in [-0.4, -0.2) is 36.8 Å². The summed E-state index contributed by atoms with van der Waals surface area (Å²) < 4.78 is 7.51. The molecule has 0 spiro atoms. The highest BCUT2D eigenvalue weighted by molar-refractivity contribution is 5.96. The van der Waals surface area contributed by atoms with E-state index in [2.05, 4.69) is 39.0 Å². The van der Waals surface area contributed by atoms with Crippen molar-refractivity contribution in [3.05, 3.63) is 60.3 Å². The molecule has 1 aliphatic rings. The zero-order valence-corrected chi connectivity index (χ0v) is 16.5. The average molecular weight is 377 g/mol. The van der Waals surface area contributed by atoms with E-state index in [1.165, 1.54) is 5.69 Å². The molecular weight excluding hydrogens is 350 g/mol. The summed E-state index contributed by atoms with van der Waals surface area (Å²) in [5.41, 5.74) is 4.22. The average Bonchev–Trinajstić information content (AvgIpc) is 3.04. The molecule has 1 aliphatic heterocycles. The van der Waals surface area contributed by atoms with Crippen LogP contribution in [-0.2, 0) is 23.0 Å². The van der Waals surface area contributed by atoms with Crippen molar-refractivity contribution in [1.29, 1.82) is 0 Å². The standard InChI is InChI=1S/C23H27N3O2/c1-25-16-17(21-5-3-4-6-22(21)25)15-23(27)24-18-7-9-19(10-8-18)26-13-11-20(28-2)12-14-26/h3-10,16,20H,11-15H2,1-2H3,(H,24,27). The fraction of sp³-hybridized carbons (Fsp3) is 0.348. The molecule has 0 aliphatic carbocycles. The maximum atomic E-state index is 12.5. The number of hydrogen-bond acceptors (Lipinski definition) is 3. The van der Waals surface area contributed by atoms with Crippen molar-refractivity contribution in [3.8, 4) is 0 Å². The van der Waals surface area contributed by atoms with Crippen LogP contribution in [0.15, 0.2) is 54.7 Å². The zero-order chi connectivity index (χ0) is 19.5. The molecule has 5 nitrogen and oxygen atoms in total. The van der Waals surface area contributed by atoms with Crippen molar-refractivity contribution < 1.29 is 9.53 Å². The van der Waals surface area contributed by atoms with Crippen LogP contribution in [0, 0.1) is 0 Å². The van der Waals surface area contributed by atoms with Crippen molar-refractivity contribution in [2.75, 3.05) is 30.4 Å². The Morgan fingerprint density at radius 2 is 1.82 bits per heavy atom. The number of aromatic nitrogens is 1. The third kappa shape index (κ3) is 3.90. The van der Waals surface area contributed by atoms with Crippen LogP contribution in [0.2, 0.25) is 0 Å². The Labute approximate surface area is 165 Å². The zero-order valence-electron chi connectivity index (χ0n) is 16.5. The van der Waals surface area contributed by atoms with Crippen molar-refractivity contribution in [2.24, 2.45) is 7.05 Å². The summed E-state index contributed by atoms with van der Waals surface area (Å²) in [6, 6.07) is 16.3. The number of benzene rings is 2. The molecule has 0 bridgehead atoms. The van der Waals surface area contributed by atoms with Gasteiger partial charge in [0, 0.05) is 55.7 Å². The molecular formula is C23H27N3O2. The van der Waals surface area contributed by atoms with Gasteiger partial charge in [-0.25, -0.2) is 0 Å². The molecule has 5 heteroatoms. The predicted molar refractivity (Wildman–Crippen MR) is 114 cm³/mol. The van der Waals surface area contributed by atoms with Crippen LogP contribution in [0.1, 0.15) is 18.4 Å². The number of hydrogen-bond donors (Lipinski definition) is 1. The Kier molecular flexibility index (Phi) is 5.35. The van der Waals surface area contributed by atoms with E-state index in [1.807, 2.05) is 37.5 Å². The monoisotopic (exact) mass is 377 g/mol. The Balaban J connectivity index is 1.38. The lowest BCUT2D eigenvalue weighted by Gasteiger charge is -2.33. The minimum absolute atomic E-state index is 0.00464. The van der Waals surface area contributed by atoms with Crippen LogP contribution >= 0.6 is 0 Å². The van der Waals surface area contributed by atoms with Gasteiger partial charge in [-0.05, 0) is 48.7 Å². The van der Waals surface area contributed by atoms with Gasteiger partial charge in [-0.15, -0.1) is 0 Å². The first-order chi connectivity index (χ1) is 13.6. The quantitative estimate of drug-likeness (QED) is 0.732. The van der Waals surface area contributed by atoms with Crippen LogP contribution < -0.4 is 10.2 Å². The molecule has 2 heterocycles. The lowest BCUT2D eigenvalue weighted by atomic mass is 10.1. The van der Waals surface area contributed by atoms with Gasteiger partial charge in [0.05, 0.1) is 12.5 Å². The molecule has 1 amide bonds. The van der Waals surface area contributed by atoms with E-state index < -0.39 is 0 Å². The summed E-state index contributed by atoms with van der Waals surface area (Å²) in [7, 11) is 3.80. The van der Waals surface area contributed by atoms with Crippen molar-refractivity contribution in [1.82, 2.24) is 4.57 Å². The minimum atomic E-state index is 0.00464. The second-order valence-electron chi connectivity index (χ2n) is 7.48. The Hall–Kier alpha value is -2.79. The van der Waals surface area contributed by atoms with E-state index in [4.69, 9.17) is 4.74 Å². The molecule has 1 aromatic heterocycles. The number of anilines is 2. The number of carbonyl (C=O) groups is 1.